The molecular formula is C22H27N3O3. The number of aryl methyl sites for hydroxylation is 2. The Labute approximate surface area is 165 Å². The third-order valence-electron chi connectivity index (χ3n) is 4.48. The van der Waals surface area contributed by atoms with Crippen LogP contribution in [-0.4, -0.2) is 35.7 Å². The zero-order chi connectivity index (χ0) is 20.7. The molecule has 2 N–H and O–H groups in total. The summed E-state index contributed by atoms with van der Waals surface area (Å²) in [5.74, 6) is -0.498. The fourth-order valence-corrected chi connectivity index (χ4v) is 2.79. The predicted molar refractivity (Wildman–Crippen MR) is 111 cm³/mol. The third kappa shape index (κ3) is 6.23. The SMILES string of the molecule is CCN(CC(=O)Nc1ccc(NC(C)=O)cc1)C(=O)Cc1ccc(C)c(C)c1. The Morgan fingerprint density at radius 3 is 2.04 bits per heavy atom. The number of rotatable bonds is 7. The summed E-state index contributed by atoms with van der Waals surface area (Å²) in [6.45, 7) is 7.79. The summed E-state index contributed by atoms with van der Waals surface area (Å²) in [6, 6.07) is 12.8. The Morgan fingerprint density at radius 2 is 1.50 bits per heavy atom. The van der Waals surface area contributed by atoms with Crippen molar-refractivity contribution in [2.24, 2.45) is 0 Å². The maximum absolute atomic E-state index is 12.6. The van der Waals surface area contributed by atoms with Crippen LogP contribution in [0.2, 0.25) is 0 Å². The first-order chi connectivity index (χ1) is 13.3. The van der Waals surface area contributed by atoms with Crippen LogP contribution >= 0.6 is 0 Å². The van der Waals surface area contributed by atoms with E-state index in [-0.39, 0.29) is 30.7 Å². The summed E-state index contributed by atoms with van der Waals surface area (Å²) in [5, 5.41) is 5.44. The summed E-state index contributed by atoms with van der Waals surface area (Å²) < 4.78 is 0. The highest BCUT2D eigenvalue weighted by Gasteiger charge is 2.16. The van der Waals surface area contributed by atoms with Crippen molar-refractivity contribution in [2.75, 3.05) is 23.7 Å². The molecule has 0 fully saturated rings. The van der Waals surface area contributed by atoms with Gasteiger partial charge in [-0.05, 0) is 61.7 Å². The first-order valence-electron chi connectivity index (χ1n) is 9.30. The molecule has 2 aromatic rings. The maximum Gasteiger partial charge on any atom is 0.243 e. The number of amides is 3. The van der Waals surface area contributed by atoms with Gasteiger partial charge in [0.25, 0.3) is 0 Å². The van der Waals surface area contributed by atoms with Gasteiger partial charge >= 0.3 is 0 Å². The largest absolute Gasteiger partial charge is 0.333 e. The van der Waals surface area contributed by atoms with Gasteiger partial charge in [-0.3, -0.25) is 14.4 Å². The van der Waals surface area contributed by atoms with Crippen molar-refractivity contribution in [1.82, 2.24) is 4.90 Å². The number of hydrogen-bond donors (Lipinski definition) is 2. The van der Waals surface area contributed by atoms with Crippen LogP contribution in [0.15, 0.2) is 42.5 Å². The highest BCUT2D eigenvalue weighted by atomic mass is 16.2. The van der Waals surface area contributed by atoms with Crippen molar-refractivity contribution in [3.8, 4) is 0 Å². The molecule has 0 radical (unpaired) electrons. The first-order valence-corrected chi connectivity index (χ1v) is 9.30. The van der Waals surface area contributed by atoms with E-state index in [4.69, 9.17) is 0 Å². The number of carbonyl (C=O) groups is 3. The molecule has 6 nitrogen and oxygen atoms in total. The molecule has 0 aromatic heterocycles. The van der Waals surface area contributed by atoms with Gasteiger partial charge in [0.15, 0.2) is 0 Å². The fourth-order valence-electron chi connectivity index (χ4n) is 2.79. The van der Waals surface area contributed by atoms with Crippen LogP contribution in [0.3, 0.4) is 0 Å². The Balaban J connectivity index is 1.93. The number of hydrogen-bond acceptors (Lipinski definition) is 3. The molecule has 0 saturated heterocycles. The third-order valence-corrected chi connectivity index (χ3v) is 4.48. The van der Waals surface area contributed by atoms with Crippen LogP contribution in [0.25, 0.3) is 0 Å². The van der Waals surface area contributed by atoms with Crippen LogP contribution in [0, 0.1) is 13.8 Å². The number of likely N-dealkylation sites (N-methyl/N-ethyl adjacent to an activating group) is 1. The van der Waals surface area contributed by atoms with Crippen molar-refractivity contribution in [2.45, 2.75) is 34.1 Å². The number of nitrogens with one attached hydrogen (secondary N) is 2. The maximum atomic E-state index is 12.6. The van der Waals surface area contributed by atoms with Crippen LogP contribution in [-0.2, 0) is 20.8 Å². The second kappa shape index (κ2) is 9.69. The van der Waals surface area contributed by atoms with E-state index in [0.717, 1.165) is 11.1 Å². The molecule has 0 aliphatic carbocycles. The van der Waals surface area contributed by atoms with Crippen LogP contribution in [0.5, 0.6) is 0 Å². The van der Waals surface area contributed by atoms with Crippen molar-refractivity contribution in [3.05, 3.63) is 59.2 Å². The minimum absolute atomic E-state index is 0.00633. The lowest BCUT2D eigenvalue weighted by Gasteiger charge is -2.20. The monoisotopic (exact) mass is 381 g/mol. The molecule has 0 saturated carbocycles. The van der Waals surface area contributed by atoms with E-state index in [9.17, 15) is 14.4 Å². The van der Waals surface area contributed by atoms with Crippen molar-refractivity contribution in [3.63, 3.8) is 0 Å². The van der Waals surface area contributed by atoms with Crippen molar-refractivity contribution >= 4 is 29.1 Å². The molecule has 2 rings (SSSR count). The molecule has 0 aliphatic rings. The Hall–Kier alpha value is -3.15. The molecule has 0 heterocycles. The van der Waals surface area contributed by atoms with E-state index in [2.05, 4.69) is 10.6 Å². The lowest BCUT2D eigenvalue weighted by molar-refractivity contribution is -0.133. The zero-order valence-corrected chi connectivity index (χ0v) is 16.8. The quantitative estimate of drug-likeness (QED) is 0.772. The minimum Gasteiger partial charge on any atom is -0.333 e. The summed E-state index contributed by atoms with van der Waals surface area (Å²) in [7, 11) is 0. The van der Waals surface area contributed by atoms with Gasteiger partial charge in [-0.2, -0.15) is 0 Å². The van der Waals surface area contributed by atoms with Crippen molar-refractivity contribution < 1.29 is 14.4 Å². The van der Waals surface area contributed by atoms with Gasteiger partial charge in [0.2, 0.25) is 17.7 Å². The molecule has 0 spiro atoms. The van der Waals surface area contributed by atoms with Crippen LogP contribution in [0.4, 0.5) is 11.4 Å². The zero-order valence-electron chi connectivity index (χ0n) is 16.8. The second-order valence-corrected chi connectivity index (χ2v) is 6.81. The lowest BCUT2D eigenvalue weighted by Crippen LogP contribution is -2.38. The topological polar surface area (TPSA) is 78.5 Å². The van der Waals surface area contributed by atoms with Gasteiger partial charge in [-0.1, -0.05) is 18.2 Å². The van der Waals surface area contributed by atoms with Gasteiger partial charge in [0.05, 0.1) is 13.0 Å². The first kappa shape index (κ1) is 21.2. The fraction of sp³-hybridized carbons (Fsp3) is 0.318. The second-order valence-electron chi connectivity index (χ2n) is 6.81. The molecule has 0 aliphatic heterocycles. The van der Waals surface area contributed by atoms with E-state index in [0.29, 0.717) is 17.9 Å². The van der Waals surface area contributed by atoms with Gasteiger partial charge < -0.3 is 15.5 Å². The standard InChI is InChI=1S/C22H27N3O3/c1-5-25(22(28)13-18-7-6-15(2)16(3)12-18)14-21(27)24-20-10-8-19(9-11-20)23-17(4)26/h6-12H,5,13-14H2,1-4H3,(H,23,26)(H,24,27). The molecule has 6 heteroatoms. The highest BCUT2D eigenvalue weighted by molar-refractivity contribution is 5.95. The Kier molecular flexibility index (Phi) is 7.32. The average Bonchev–Trinajstić information content (AvgIpc) is 2.64. The smallest absolute Gasteiger partial charge is 0.243 e. The van der Waals surface area contributed by atoms with E-state index in [1.165, 1.54) is 17.4 Å². The van der Waals surface area contributed by atoms with Gasteiger partial charge in [0.1, 0.15) is 0 Å². The summed E-state index contributed by atoms with van der Waals surface area (Å²) in [6.07, 6.45) is 0.271. The van der Waals surface area contributed by atoms with E-state index in [1.54, 1.807) is 24.3 Å². The van der Waals surface area contributed by atoms with E-state index < -0.39 is 0 Å². The summed E-state index contributed by atoms with van der Waals surface area (Å²) in [4.78, 5) is 37.5. The highest BCUT2D eigenvalue weighted by Crippen LogP contribution is 2.14. The van der Waals surface area contributed by atoms with Crippen molar-refractivity contribution in [1.29, 1.82) is 0 Å². The molecule has 3 amide bonds. The predicted octanol–water partition coefficient (Wildman–Crippen LogP) is 3.29. The van der Waals surface area contributed by atoms with Gasteiger partial charge in [-0.15, -0.1) is 0 Å². The molecule has 148 valence electrons. The molecular weight excluding hydrogens is 354 g/mol. The average molecular weight is 381 g/mol. The van der Waals surface area contributed by atoms with Crippen LogP contribution in [0.1, 0.15) is 30.5 Å². The lowest BCUT2D eigenvalue weighted by atomic mass is 10.0. The number of anilines is 2. The van der Waals surface area contributed by atoms with E-state index in [1.807, 2.05) is 39.0 Å². The molecule has 0 unspecified atom stereocenters. The Bertz CT molecular complexity index is 860. The molecule has 0 atom stereocenters. The number of nitrogens with zero attached hydrogens (tertiary/aromatic N) is 1. The Morgan fingerprint density at radius 1 is 0.893 bits per heavy atom. The summed E-state index contributed by atoms with van der Waals surface area (Å²) >= 11 is 0. The minimum atomic E-state index is -0.262. The van der Waals surface area contributed by atoms with Gasteiger partial charge in [0, 0.05) is 24.8 Å². The normalized spacial score (nSPS) is 10.3. The van der Waals surface area contributed by atoms with Gasteiger partial charge in [-0.25, -0.2) is 0 Å². The van der Waals surface area contributed by atoms with Crippen LogP contribution < -0.4 is 10.6 Å². The molecule has 28 heavy (non-hydrogen) atoms. The number of benzene rings is 2. The molecule has 2 aromatic carbocycles. The summed E-state index contributed by atoms with van der Waals surface area (Å²) in [5.41, 5.74) is 4.54. The van der Waals surface area contributed by atoms with E-state index >= 15 is 0 Å². The number of carbonyl (C=O) groups excluding carboxylic acids is 3. The molecule has 0 bridgehead atoms.